The molecule has 12 heteroatoms. The average Bonchev–Trinajstić information content (AvgIpc) is 3.42. The first kappa shape index (κ1) is 35.5. The van der Waals surface area contributed by atoms with Crippen molar-refractivity contribution in [3.8, 4) is 0 Å². The number of nitrogens with zero attached hydrogens (tertiary/aromatic N) is 4. The molecule has 11 nitrogen and oxygen atoms in total. The molecular formula is C34H49ClN4O7. The van der Waals surface area contributed by atoms with Gasteiger partial charge in [-0.15, -0.1) is 0 Å². The third kappa shape index (κ3) is 9.15. The summed E-state index contributed by atoms with van der Waals surface area (Å²) in [6, 6.07) is 6.19. The van der Waals surface area contributed by atoms with Crippen LogP contribution in [0.2, 0.25) is 5.02 Å². The molecule has 254 valence electrons. The largest absolute Gasteiger partial charge is 0.451 e. The van der Waals surface area contributed by atoms with E-state index >= 15 is 0 Å². The highest BCUT2D eigenvalue weighted by Gasteiger charge is 2.38. The van der Waals surface area contributed by atoms with Crippen molar-refractivity contribution in [1.82, 2.24) is 19.6 Å². The lowest BCUT2D eigenvalue weighted by atomic mass is 9.75. The fourth-order valence-corrected chi connectivity index (χ4v) is 6.40. The molecule has 1 aromatic carbocycles. The van der Waals surface area contributed by atoms with Crippen LogP contribution in [0.1, 0.15) is 76.3 Å². The van der Waals surface area contributed by atoms with Crippen LogP contribution in [-0.4, -0.2) is 116 Å². The highest BCUT2D eigenvalue weighted by molar-refractivity contribution is 6.31. The van der Waals surface area contributed by atoms with Crippen molar-refractivity contribution in [2.75, 3.05) is 60.5 Å². The van der Waals surface area contributed by atoms with Crippen LogP contribution in [0.5, 0.6) is 0 Å². The molecule has 4 amide bonds. The molecule has 0 unspecified atom stereocenters. The number of amides is 4. The molecule has 0 saturated carbocycles. The van der Waals surface area contributed by atoms with Gasteiger partial charge in [0, 0.05) is 57.7 Å². The van der Waals surface area contributed by atoms with Gasteiger partial charge in [0.15, 0.2) is 5.76 Å². The molecule has 2 fully saturated rings. The van der Waals surface area contributed by atoms with Crippen LogP contribution in [-0.2, 0) is 19.1 Å². The predicted octanol–water partition coefficient (Wildman–Crippen LogP) is 5.44. The van der Waals surface area contributed by atoms with Crippen molar-refractivity contribution in [1.29, 1.82) is 0 Å². The number of furan rings is 1. The van der Waals surface area contributed by atoms with Gasteiger partial charge in [-0.2, -0.15) is 0 Å². The van der Waals surface area contributed by atoms with Crippen LogP contribution >= 0.6 is 11.6 Å². The van der Waals surface area contributed by atoms with Crippen LogP contribution in [0, 0.1) is 5.41 Å². The quantitative estimate of drug-likeness (QED) is 0.420. The first-order valence-electron chi connectivity index (χ1n) is 16.2. The van der Waals surface area contributed by atoms with E-state index in [1.807, 2.05) is 20.8 Å². The van der Waals surface area contributed by atoms with Crippen molar-refractivity contribution in [2.45, 2.75) is 77.4 Å². The van der Waals surface area contributed by atoms with Crippen LogP contribution in [0.15, 0.2) is 28.7 Å². The molecule has 46 heavy (non-hydrogen) atoms. The molecule has 4 rings (SSSR count). The summed E-state index contributed by atoms with van der Waals surface area (Å²) in [6.07, 6.45) is 4.75. The van der Waals surface area contributed by atoms with Gasteiger partial charge in [0.25, 0.3) is 5.91 Å². The Morgan fingerprint density at radius 2 is 1.78 bits per heavy atom. The van der Waals surface area contributed by atoms with Crippen LogP contribution in [0.4, 0.5) is 4.79 Å². The van der Waals surface area contributed by atoms with Crippen molar-refractivity contribution in [2.24, 2.45) is 5.41 Å². The van der Waals surface area contributed by atoms with Gasteiger partial charge >= 0.3 is 6.09 Å². The van der Waals surface area contributed by atoms with Crippen LogP contribution in [0.25, 0.3) is 11.0 Å². The third-order valence-corrected chi connectivity index (χ3v) is 9.32. The first-order chi connectivity index (χ1) is 21.7. The van der Waals surface area contributed by atoms with E-state index in [1.54, 1.807) is 60.1 Å². The lowest BCUT2D eigenvalue weighted by Crippen LogP contribution is -2.50. The Morgan fingerprint density at radius 1 is 1.07 bits per heavy atom. The number of likely N-dealkylation sites (N-methyl/N-ethyl adjacent to an activating group) is 2. The van der Waals surface area contributed by atoms with E-state index in [1.165, 1.54) is 4.90 Å². The number of carbonyl (C=O) groups is 4. The SMILES string of the molecule is CN(CCC[C@H]1C(=O)N(C)CCCCC2(CCN(C(=O)OC(C)(C)C)CC2)COCC(=O)N1C)C(=O)c1cc2cc(Cl)ccc2o1. The number of hydrogen-bond acceptors (Lipinski definition) is 7. The highest BCUT2D eigenvalue weighted by Crippen LogP contribution is 2.38. The highest BCUT2D eigenvalue weighted by atomic mass is 35.5. The molecule has 2 aliphatic rings. The van der Waals surface area contributed by atoms with Gasteiger partial charge in [-0.1, -0.05) is 18.0 Å². The van der Waals surface area contributed by atoms with E-state index in [2.05, 4.69) is 0 Å². The normalized spacial score (nSPS) is 20.3. The summed E-state index contributed by atoms with van der Waals surface area (Å²) in [5, 5.41) is 1.31. The lowest BCUT2D eigenvalue weighted by molar-refractivity contribution is -0.147. The van der Waals surface area contributed by atoms with Gasteiger partial charge in [-0.05, 0) is 89.0 Å². The molecule has 2 saturated heterocycles. The Labute approximate surface area is 277 Å². The summed E-state index contributed by atoms with van der Waals surface area (Å²) in [5.41, 5.74) is -0.109. The fourth-order valence-electron chi connectivity index (χ4n) is 6.21. The number of likely N-dealkylation sites (tertiary alicyclic amines) is 1. The van der Waals surface area contributed by atoms with Gasteiger partial charge in [0.2, 0.25) is 11.8 Å². The van der Waals surface area contributed by atoms with E-state index < -0.39 is 11.6 Å². The Kier molecular flexibility index (Phi) is 11.6. The van der Waals surface area contributed by atoms with E-state index in [-0.39, 0.29) is 41.6 Å². The second kappa shape index (κ2) is 15.1. The molecule has 0 N–H and O–H groups in total. The number of benzene rings is 1. The maximum atomic E-state index is 13.6. The summed E-state index contributed by atoms with van der Waals surface area (Å²) in [5.74, 6) is -0.443. The number of carbonyl (C=O) groups excluding carboxylic acids is 4. The summed E-state index contributed by atoms with van der Waals surface area (Å²) in [6.45, 7) is 7.99. The Bertz CT molecular complexity index is 1400. The molecule has 0 radical (unpaired) electrons. The zero-order valence-corrected chi connectivity index (χ0v) is 28.9. The second-order valence-electron chi connectivity index (χ2n) is 13.9. The minimum absolute atomic E-state index is 0.126. The molecule has 1 aromatic heterocycles. The molecule has 2 aliphatic heterocycles. The Balaban J connectivity index is 1.34. The van der Waals surface area contributed by atoms with Gasteiger partial charge in [0.05, 0.1) is 6.61 Å². The van der Waals surface area contributed by atoms with Crippen LogP contribution in [0.3, 0.4) is 0 Å². The predicted molar refractivity (Wildman–Crippen MR) is 176 cm³/mol. The number of halogens is 1. The summed E-state index contributed by atoms with van der Waals surface area (Å²) in [4.78, 5) is 59.1. The smallest absolute Gasteiger partial charge is 0.410 e. The molecule has 1 atom stereocenters. The zero-order valence-electron chi connectivity index (χ0n) is 28.1. The maximum absolute atomic E-state index is 13.6. The average molecular weight is 661 g/mol. The van der Waals surface area contributed by atoms with Crippen molar-refractivity contribution in [3.63, 3.8) is 0 Å². The van der Waals surface area contributed by atoms with Crippen LogP contribution < -0.4 is 0 Å². The summed E-state index contributed by atoms with van der Waals surface area (Å²) >= 11 is 6.07. The van der Waals surface area contributed by atoms with Crippen molar-refractivity contribution >= 4 is 46.4 Å². The Morgan fingerprint density at radius 3 is 2.48 bits per heavy atom. The van der Waals surface area contributed by atoms with E-state index in [0.717, 1.165) is 37.5 Å². The van der Waals surface area contributed by atoms with Crippen molar-refractivity contribution in [3.05, 3.63) is 35.0 Å². The first-order valence-corrected chi connectivity index (χ1v) is 16.6. The molecule has 1 spiro atoms. The minimum Gasteiger partial charge on any atom is -0.451 e. The number of rotatable bonds is 5. The van der Waals surface area contributed by atoms with Gasteiger partial charge in [0.1, 0.15) is 23.8 Å². The topological polar surface area (TPSA) is 113 Å². The zero-order chi connectivity index (χ0) is 33.6. The number of hydrogen-bond donors (Lipinski definition) is 0. The molecule has 0 bridgehead atoms. The molecule has 0 aliphatic carbocycles. The van der Waals surface area contributed by atoms with Gasteiger partial charge in [-0.25, -0.2) is 4.79 Å². The van der Waals surface area contributed by atoms with Gasteiger partial charge in [-0.3, -0.25) is 14.4 Å². The molecule has 2 aromatic rings. The molecule has 3 heterocycles. The van der Waals surface area contributed by atoms with E-state index in [4.69, 9.17) is 25.5 Å². The standard InChI is InChI=1S/C34H49ClN4O7/c1-33(2,3)46-32(43)39-18-14-34(15-19-39)13-7-8-16-36(4)30(41)26(38(6)29(40)22-44-23-34)10-9-17-37(5)31(42)28-21-24-20-25(35)11-12-27(24)45-28/h11-12,20-21,26H,7-10,13-19,22-23H2,1-6H3/t26-/m0/s1. The monoisotopic (exact) mass is 660 g/mol. The minimum atomic E-state index is -0.676. The van der Waals surface area contributed by atoms with E-state index in [9.17, 15) is 19.2 Å². The summed E-state index contributed by atoms with van der Waals surface area (Å²) in [7, 11) is 5.12. The maximum Gasteiger partial charge on any atom is 0.410 e. The third-order valence-electron chi connectivity index (χ3n) is 9.09. The second-order valence-corrected chi connectivity index (χ2v) is 14.3. The number of fused-ring (bicyclic) bond motifs is 1. The van der Waals surface area contributed by atoms with Crippen molar-refractivity contribution < 1.29 is 33.1 Å². The number of ether oxygens (including phenoxy) is 2. The number of piperidine rings is 1. The Hall–Kier alpha value is -3.31. The summed E-state index contributed by atoms with van der Waals surface area (Å²) < 4.78 is 17.3. The fraction of sp³-hybridized carbons (Fsp3) is 0.647. The lowest BCUT2D eigenvalue weighted by Gasteiger charge is -2.42. The van der Waals surface area contributed by atoms with E-state index in [0.29, 0.717) is 56.2 Å². The van der Waals surface area contributed by atoms with Gasteiger partial charge < -0.3 is 33.5 Å². The molecular weight excluding hydrogens is 612 g/mol.